The van der Waals surface area contributed by atoms with Crippen LogP contribution in [-0.2, 0) is 9.59 Å². The molecule has 3 aromatic carbocycles. The highest BCUT2D eigenvalue weighted by Crippen LogP contribution is 2.36. The molecular weight excluding hydrogens is 424 g/mol. The third-order valence-electron chi connectivity index (χ3n) is 5.51. The summed E-state index contributed by atoms with van der Waals surface area (Å²) in [6.45, 7) is 5.83. The number of methoxy groups -OCH3 is 1. The van der Waals surface area contributed by atoms with Crippen molar-refractivity contribution in [1.82, 2.24) is 0 Å². The molecule has 1 aliphatic rings. The van der Waals surface area contributed by atoms with Gasteiger partial charge in [-0.05, 0) is 73.9 Å². The molecule has 0 aliphatic carbocycles. The van der Waals surface area contributed by atoms with E-state index in [1.54, 1.807) is 37.4 Å². The topological polar surface area (TPSA) is 58.6 Å². The number of benzene rings is 3. The molecule has 0 bridgehead atoms. The smallest absolute Gasteiger partial charge is 0.282 e. The largest absolute Gasteiger partial charge is 0.497 e. The molecule has 32 heavy (non-hydrogen) atoms. The van der Waals surface area contributed by atoms with Crippen LogP contribution in [0.3, 0.4) is 0 Å². The molecule has 1 heterocycles. The standard InChI is InChI=1S/C26H23ClN2O3/c1-15-5-12-21(17(3)13-15)23-24(28-18-7-6-16(2)22(27)14-18)26(31)29(25(23)30)19-8-10-20(32-4)11-9-19/h5-14,28H,1-4H3. The molecule has 162 valence electrons. The highest BCUT2D eigenvalue weighted by atomic mass is 35.5. The zero-order valence-electron chi connectivity index (χ0n) is 18.3. The molecule has 0 saturated heterocycles. The Morgan fingerprint density at radius 1 is 0.844 bits per heavy atom. The zero-order valence-corrected chi connectivity index (χ0v) is 19.1. The summed E-state index contributed by atoms with van der Waals surface area (Å²) in [5, 5.41) is 3.74. The van der Waals surface area contributed by atoms with E-state index < -0.39 is 5.91 Å². The molecule has 0 saturated carbocycles. The van der Waals surface area contributed by atoms with Crippen LogP contribution >= 0.6 is 11.6 Å². The van der Waals surface area contributed by atoms with Gasteiger partial charge in [-0.1, -0.05) is 41.4 Å². The van der Waals surface area contributed by atoms with E-state index in [0.717, 1.165) is 16.7 Å². The SMILES string of the molecule is COc1ccc(N2C(=O)C(Nc3ccc(C)c(Cl)c3)=C(c3ccc(C)cc3C)C2=O)cc1. The fourth-order valence-electron chi connectivity index (χ4n) is 3.77. The van der Waals surface area contributed by atoms with Gasteiger partial charge in [0.05, 0.1) is 18.4 Å². The van der Waals surface area contributed by atoms with Gasteiger partial charge in [0.25, 0.3) is 11.8 Å². The van der Waals surface area contributed by atoms with E-state index in [2.05, 4.69) is 5.32 Å². The van der Waals surface area contributed by atoms with Crippen LogP contribution < -0.4 is 15.0 Å². The lowest BCUT2D eigenvalue weighted by atomic mass is 9.97. The number of carbonyl (C=O) groups excluding carboxylic acids is 2. The summed E-state index contributed by atoms with van der Waals surface area (Å²) < 4.78 is 5.20. The van der Waals surface area contributed by atoms with Crippen molar-refractivity contribution in [1.29, 1.82) is 0 Å². The van der Waals surface area contributed by atoms with Crippen molar-refractivity contribution >= 4 is 40.4 Å². The third-order valence-corrected chi connectivity index (χ3v) is 5.91. The van der Waals surface area contributed by atoms with Crippen molar-refractivity contribution in [3.63, 3.8) is 0 Å². The van der Waals surface area contributed by atoms with Crippen molar-refractivity contribution in [2.24, 2.45) is 0 Å². The number of imide groups is 1. The minimum atomic E-state index is -0.424. The number of halogens is 1. The monoisotopic (exact) mass is 446 g/mol. The summed E-state index contributed by atoms with van der Waals surface area (Å²) in [6, 6.07) is 18.1. The van der Waals surface area contributed by atoms with E-state index in [9.17, 15) is 9.59 Å². The van der Waals surface area contributed by atoms with E-state index in [0.29, 0.717) is 33.3 Å². The number of anilines is 2. The number of hydrogen-bond donors (Lipinski definition) is 1. The summed E-state index contributed by atoms with van der Waals surface area (Å²) in [5.41, 5.74) is 5.30. The summed E-state index contributed by atoms with van der Waals surface area (Å²) in [5.74, 6) is -0.164. The van der Waals surface area contributed by atoms with Crippen LogP contribution in [0, 0.1) is 20.8 Å². The molecule has 1 aliphatic heterocycles. The van der Waals surface area contributed by atoms with Crippen molar-refractivity contribution in [3.05, 3.63) is 93.6 Å². The number of ether oxygens (including phenoxy) is 1. The Kier molecular flexibility index (Phi) is 5.76. The van der Waals surface area contributed by atoms with Crippen LogP contribution in [-0.4, -0.2) is 18.9 Å². The number of hydrogen-bond acceptors (Lipinski definition) is 4. The second kappa shape index (κ2) is 8.52. The molecule has 2 amide bonds. The Bertz CT molecular complexity index is 1260. The van der Waals surface area contributed by atoms with Gasteiger partial charge < -0.3 is 10.1 Å². The van der Waals surface area contributed by atoms with Gasteiger partial charge >= 0.3 is 0 Å². The zero-order chi connectivity index (χ0) is 23.0. The van der Waals surface area contributed by atoms with Crippen molar-refractivity contribution < 1.29 is 14.3 Å². The Labute approximate surface area is 192 Å². The number of nitrogens with one attached hydrogen (secondary N) is 1. The fourth-order valence-corrected chi connectivity index (χ4v) is 3.95. The summed E-state index contributed by atoms with van der Waals surface area (Å²) in [7, 11) is 1.57. The number of aryl methyl sites for hydroxylation is 3. The molecule has 5 nitrogen and oxygen atoms in total. The average molecular weight is 447 g/mol. The highest BCUT2D eigenvalue weighted by molar-refractivity contribution is 6.46. The van der Waals surface area contributed by atoms with Gasteiger partial charge in [0.1, 0.15) is 11.4 Å². The molecule has 1 N–H and O–H groups in total. The minimum Gasteiger partial charge on any atom is -0.497 e. The van der Waals surface area contributed by atoms with E-state index in [-0.39, 0.29) is 11.6 Å². The normalized spacial score (nSPS) is 13.7. The highest BCUT2D eigenvalue weighted by Gasteiger charge is 2.40. The Morgan fingerprint density at radius 3 is 2.19 bits per heavy atom. The first-order valence-electron chi connectivity index (χ1n) is 10.2. The van der Waals surface area contributed by atoms with Crippen molar-refractivity contribution in [2.45, 2.75) is 20.8 Å². The maximum atomic E-state index is 13.6. The maximum Gasteiger partial charge on any atom is 0.282 e. The van der Waals surface area contributed by atoms with Gasteiger partial charge in [0.2, 0.25) is 0 Å². The number of carbonyl (C=O) groups is 2. The molecule has 0 spiro atoms. The molecule has 0 fully saturated rings. The Balaban J connectivity index is 1.83. The van der Waals surface area contributed by atoms with Crippen LogP contribution in [0.5, 0.6) is 5.75 Å². The summed E-state index contributed by atoms with van der Waals surface area (Å²) >= 11 is 6.28. The van der Waals surface area contributed by atoms with Gasteiger partial charge in [0.15, 0.2) is 0 Å². The van der Waals surface area contributed by atoms with Crippen molar-refractivity contribution in [3.8, 4) is 5.75 Å². The molecule has 0 unspecified atom stereocenters. The second-order valence-electron chi connectivity index (χ2n) is 7.80. The van der Waals surface area contributed by atoms with Crippen molar-refractivity contribution in [2.75, 3.05) is 17.3 Å². The first-order chi connectivity index (χ1) is 15.3. The minimum absolute atomic E-state index is 0.220. The summed E-state index contributed by atoms with van der Waals surface area (Å²) in [6.07, 6.45) is 0. The van der Waals surface area contributed by atoms with Crippen LogP contribution in [0.2, 0.25) is 5.02 Å². The van der Waals surface area contributed by atoms with E-state index >= 15 is 0 Å². The van der Waals surface area contributed by atoms with Crippen LogP contribution in [0.15, 0.2) is 66.4 Å². The predicted molar refractivity (Wildman–Crippen MR) is 128 cm³/mol. The quantitative estimate of drug-likeness (QED) is 0.513. The average Bonchev–Trinajstić information content (AvgIpc) is 3.00. The first kappa shape index (κ1) is 21.7. The van der Waals surface area contributed by atoms with E-state index in [1.165, 1.54) is 4.90 Å². The molecule has 4 rings (SSSR count). The van der Waals surface area contributed by atoms with Gasteiger partial charge in [0, 0.05) is 10.7 Å². The van der Waals surface area contributed by atoms with E-state index in [4.69, 9.17) is 16.3 Å². The molecule has 0 radical (unpaired) electrons. The van der Waals surface area contributed by atoms with Crippen LogP contribution in [0.1, 0.15) is 22.3 Å². The molecule has 3 aromatic rings. The molecule has 0 aromatic heterocycles. The fraction of sp³-hybridized carbons (Fsp3) is 0.154. The van der Waals surface area contributed by atoms with Gasteiger partial charge in [-0.25, -0.2) is 4.90 Å². The third kappa shape index (κ3) is 3.87. The lowest BCUT2D eigenvalue weighted by Crippen LogP contribution is -2.32. The number of rotatable bonds is 5. The van der Waals surface area contributed by atoms with Gasteiger partial charge in [-0.3, -0.25) is 9.59 Å². The first-order valence-corrected chi connectivity index (χ1v) is 10.6. The van der Waals surface area contributed by atoms with Crippen LogP contribution in [0.4, 0.5) is 11.4 Å². The van der Waals surface area contributed by atoms with Crippen LogP contribution in [0.25, 0.3) is 5.57 Å². The Hall–Kier alpha value is -3.57. The number of nitrogens with zero attached hydrogens (tertiary/aromatic N) is 1. The van der Waals surface area contributed by atoms with E-state index in [1.807, 2.05) is 51.1 Å². The van der Waals surface area contributed by atoms with Gasteiger partial charge in [-0.15, -0.1) is 0 Å². The second-order valence-corrected chi connectivity index (χ2v) is 8.21. The van der Waals surface area contributed by atoms with Gasteiger partial charge in [-0.2, -0.15) is 0 Å². The maximum absolute atomic E-state index is 13.6. The molecule has 6 heteroatoms. The molecule has 0 atom stereocenters. The molecular formula is C26H23ClN2O3. The number of amides is 2. The predicted octanol–water partition coefficient (Wildman–Crippen LogP) is 5.67. The lowest BCUT2D eigenvalue weighted by molar-refractivity contribution is -0.120. The summed E-state index contributed by atoms with van der Waals surface area (Å²) in [4.78, 5) is 28.3. The lowest BCUT2D eigenvalue weighted by Gasteiger charge is -2.16. The Morgan fingerprint density at radius 2 is 1.56 bits per heavy atom.